The average Bonchev–Trinajstić information content (AvgIpc) is 2.68. The maximum Gasteiger partial charge on any atom is 0.267 e. The van der Waals surface area contributed by atoms with Crippen molar-refractivity contribution in [3.05, 3.63) is 23.5 Å². The lowest BCUT2D eigenvalue weighted by Gasteiger charge is -2.11. The van der Waals surface area contributed by atoms with E-state index in [4.69, 9.17) is 5.73 Å². The van der Waals surface area contributed by atoms with Crippen LogP contribution in [0.3, 0.4) is 0 Å². The van der Waals surface area contributed by atoms with Crippen LogP contribution in [0, 0.1) is 0 Å². The molecule has 7 heteroatoms. The second kappa shape index (κ2) is 7.03. The average molecular weight is 275 g/mol. The molecule has 1 heterocycles. The molecule has 0 aliphatic heterocycles. The summed E-state index contributed by atoms with van der Waals surface area (Å²) in [6.07, 6.45) is 1.54. The van der Waals surface area contributed by atoms with Gasteiger partial charge in [0.2, 0.25) is 5.91 Å². The molecule has 0 spiro atoms. The molecule has 1 aromatic heterocycles. The largest absolute Gasteiger partial charge is 0.366 e. The van der Waals surface area contributed by atoms with Gasteiger partial charge in [-0.3, -0.25) is 9.59 Å². The molecule has 2 amide bonds. The number of rotatable bonds is 5. The van der Waals surface area contributed by atoms with Crippen LogP contribution in [0.25, 0.3) is 0 Å². The molecule has 1 aromatic rings. The molecule has 0 aliphatic carbocycles. The molecule has 1 unspecified atom stereocenters. The highest BCUT2D eigenvalue weighted by Crippen LogP contribution is 2.06. The molecule has 1 atom stereocenters. The first-order valence-corrected chi connectivity index (χ1v) is 5.37. The molecule has 0 fully saturated rings. The zero-order valence-corrected chi connectivity index (χ0v) is 11.5. The number of hydrogen-bond donors (Lipinski definition) is 3. The predicted molar refractivity (Wildman–Crippen MR) is 72.0 cm³/mol. The number of nitrogens with zero attached hydrogens (tertiary/aromatic N) is 1. The van der Waals surface area contributed by atoms with E-state index < -0.39 is 5.91 Å². The summed E-state index contributed by atoms with van der Waals surface area (Å²) in [6, 6.07) is 1.68. The van der Waals surface area contributed by atoms with E-state index in [0.29, 0.717) is 17.8 Å². The van der Waals surface area contributed by atoms with Gasteiger partial charge in [0.15, 0.2) is 0 Å². The van der Waals surface area contributed by atoms with Gasteiger partial charge in [-0.15, -0.1) is 12.4 Å². The molecular weight excluding hydrogens is 256 g/mol. The molecule has 0 saturated heterocycles. The zero-order chi connectivity index (χ0) is 13.0. The fourth-order valence-corrected chi connectivity index (χ4v) is 1.36. The highest BCUT2D eigenvalue weighted by Gasteiger charge is 2.14. The van der Waals surface area contributed by atoms with Crippen LogP contribution in [0.5, 0.6) is 0 Å². The van der Waals surface area contributed by atoms with Gasteiger partial charge >= 0.3 is 0 Å². The lowest BCUT2D eigenvalue weighted by molar-refractivity contribution is 0.0942. The zero-order valence-electron chi connectivity index (χ0n) is 10.7. The maximum absolute atomic E-state index is 11.8. The minimum absolute atomic E-state index is 0. The third-order valence-corrected chi connectivity index (χ3v) is 2.58. The Kier molecular flexibility index (Phi) is 6.43. The van der Waals surface area contributed by atoms with Crippen molar-refractivity contribution in [2.24, 2.45) is 12.8 Å². The molecule has 4 N–H and O–H groups in total. The number of amides is 2. The first-order valence-electron chi connectivity index (χ1n) is 5.37. The van der Waals surface area contributed by atoms with Crippen molar-refractivity contribution in [2.75, 3.05) is 13.6 Å². The van der Waals surface area contributed by atoms with Crippen LogP contribution >= 0.6 is 12.4 Å². The number of aromatic nitrogens is 1. The fraction of sp³-hybridized carbons (Fsp3) is 0.455. The standard InChI is InChI=1S/C11H18N4O2.ClH/c1-7(13-2)5-14-11(17)9-4-8(10(12)16)6-15(9)3;/h4,6-7,13H,5H2,1-3H3,(H2,12,16)(H,14,17);1H. The van der Waals surface area contributed by atoms with Gasteiger partial charge in [0.1, 0.15) is 5.69 Å². The molecule has 0 aliphatic rings. The van der Waals surface area contributed by atoms with E-state index in [-0.39, 0.29) is 24.4 Å². The summed E-state index contributed by atoms with van der Waals surface area (Å²) in [5.74, 6) is -0.759. The SMILES string of the molecule is CNC(C)CNC(=O)c1cc(C(N)=O)cn1C.Cl. The van der Waals surface area contributed by atoms with Crippen LogP contribution in [0.1, 0.15) is 27.8 Å². The van der Waals surface area contributed by atoms with E-state index in [1.165, 1.54) is 6.07 Å². The van der Waals surface area contributed by atoms with E-state index in [1.807, 2.05) is 14.0 Å². The topological polar surface area (TPSA) is 89.2 Å². The van der Waals surface area contributed by atoms with Crippen molar-refractivity contribution >= 4 is 24.2 Å². The lowest BCUT2D eigenvalue weighted by Crippen LogP contribution is -2.37. The van der Waals surface area contributed by atoms with Gasteiger partial charge in [-0.05, 0) is 20.0 Å². The summed E-state index contributed by atoms with van der Waals surface area (Å²) in [4.78, 5) is 22.8. The van der Waals surface area contributed by atoms with Crippen molar-refractivity contribution in [3.8, 4) is 0 Å². The third-order valence-electron chi connectivity index (χ3n) is 2.58. The van der Waals surface area contributed by atoms with Gasteiger partial charge in [0.05, 0.1) is 5.56 Å². The molecule has 18 heavy (non-hydrogen) atoms. The summed E-state index contributed by atoms with van der Waals surface area (Å²) < 4.78 is 1.58. The third kappa shape index (κ3) is 4.05. The number of nitrogens with two attached hydrogens (primary N) is 1. The molecule has 1 rings (SSSR count). The van der Waals surface area contributed by atoms with Crippen LogP contribution in [-0.2, 0) is 7.05 Å². The first kappa shape index (κ1) is 16.5. The Morgan fingerprint density at radius 2 is 2.11 bits per heavy atom. The van der Waals surface area contributed by atoms with Crippen molar-refractivity contribution < 1.29 is 9.59 Å². The number of hydrogen-bond acceptors (Lipinski definition) is 3. The van der Waals surface area contributed by atoms with Crippen molar-refractivity contribution in [1.29, 1.82) is 0 Å². The second-order valence-electron chi connectivity index (χ2n) is 3.99. The second-order valence-corrected chi connectivity index (χ2v) is 3.99. The Balaban J connectivity index is 0.00000289. The molecule has 0 bridgehead atoms. The molecule has 0 aromatic carbocycles. The number of carbonyl (C=O) groups excluding carboxylic acids is 2. The summed E-state index contributed by atoms with van der Waals surface area (Å²) in [5, 5.41) is 5.78. The highest BCUT2D eigenvalue weighted by molar-refractivity contribution is 5.98. The molecular formula is C11H19ClN4O2. The number of likely N-dealkylation sites (N-methyl/N-ethyl adjacent to an activating group) is 1. The molecule has 6 nitrogen and oxygen atoms in total. The summed E-state index contributed by atoms with van der Waals surface area (Å²) >= 11 is 0. The van der Waals surface area contributed by atoms with Crippen LogP contribution in [0.2, 0.25) is 0 Å². The Labute approximate surface area is 112 Å². The van der Waals surface area contributed by atoms with E-state index in [1.54, 1.807) is 17.8 Å². The summed E-state index contributed by atoms with van der Waals surface area (Å²) in [7, 11) is 3.52. The Morgan fingerprint density at radius 3 is 2.56 bits per heavy atom. The van der Waals surface area contributed by atoms with Gasteiger partial charge in [0.25, 0.3) is 5.91 Å². The minimum atomic E-state index is -0.539. The van der Waals surface area contributed by atoms with Crippen LogP contribution in [0.15, 0.2) is 12.3 Å². The lowest BCUT2D eigenvalue weighted by atomic mass is 10.3. The molecule has 0 radical (unpaired) electrons. The number of halogens is 1. The van der Waals surface area contributed by atoms with Gasteiger partial charge in [-0.25, -0.2) is 0 Å². The number of aryl methyl sites for hydroxylation is 1. The summed E-state index contributed by atoms with van der Waals surface area (Å²) in [5.41, 5.74) is 5.90. The Hall–Kier alpha value is -1.53. The van der Waals surface area contributed by atoms with Crippen LogP contribution in [0.4, 0.5) is 0 Å². The molecule has 0 saturated carbocycles. The minimum Gasteiger partial charge on any atom is -0.366 e. The highest BCUT2D eigenvalue weighted by atomic mass is 35.5. The van der Waals surface area contributed by atoms with E-state index >= 15 is 0 Å². The van der Waals surface area contributed by atoms with Crippen LogP contribution < -0.4 is 16.4 Å². The Bertz CT molecular complexity index is 431. The number of nitrogens with one attached hydrogen (secondary N) is 2. The predicted octanol–water partition coefficient (Wildman–Crippen LogP) is -0.116. The smallest absolute Gasteiger partial charge is 0.267 e. The van der Waals surface area contributed by atoms with Crippen molar-refractivity contribution in [2.45, 2.75) is 13.0 Å². The number of primary amides is 1. The normalized spacial score (nSPS) is 11.5. The van der Waals surface area contributed by atoms with Gasteiger partial charge in [-0.1, -0.05) is 0 Å². The quantitative estimate of drug-likeness (QED) is 0.700. The summed E-state index contributed by atoms with van der Waals surface area (Å²) in [6.45, 7) is 2.48. The monoisotopic (exact) mass is 274 g/mol. The van der Waals surface area contributed by atoms with E-state index in [9.17, 15) is 9.59 Å². The number of carbonyl (C=O) groups is 2. The maximum atomic E-state index is 11.8. The fourth-order valence-electron chi connectivity index (χ4n) is 1.36. The van der Waals surface area contributed by atoms with E-state index in [0.717, 1.165) is 0 Å². The van der Waals surface area contributed by atoms with Gasteiger partial charge in [-0.2, -0.15) is 0 Å². The van der Waals surface area contributed by atoms with Crippen LogP contribution in [-0.4, -0.2) is 36.0 Å². The van der Waals surface area contributed by atoms with Gasteiger partial charge < -0.3 is 20.9 Å². The van der Waals surface area contributed by atoms with Crippen molar-refractivity contribution in [3.63, 3.8) is 0 Å². The molecule has 102 valence electrons. The van der Waals surface area contributed by atoms with Gasteiger partial charge in [0, 0.05) is 25.8 Å². The van der Waals surface area contributed by atoms with Crippen molar-refractivity contribution in [1.82, 2.24) is 15.2 Å². The Morgan fingerprint density at radius 1 is 1.50 bits per heavy atom. The first-order chi connectivity index (χ1) is 7.95. The van der Waals surface area contributed by atoms with E-state index in [2.05, 4.69) is 10.6 Å².